The minimum absolute atomic E-state index is 0.283. The van der Waals surface area contributed by atoms with E-state index in [0.717, 1.165) is 11.3 Å². The van der Waals surface area contributed by atoms with Crippen molar-refractivity contribution >= 4 is 17.2 Å². The number of hydrogen-bond donors (Lipinski definition) is 3. The van der Waals surface area contributed by atoms with Crippen LogP contribution in [0, 0.1) is 0 Å². The van der Waals surface area contributed by atoms with E-state index in [1.54, 1.807) is 7.11 Å². The molecule has 3 rings (SSSR count). The quantitative estimate of drug-likeness (QED) is 0.608. The molecule has 0 fully saturated rings. The maximum atomic E-state index is 11.9. The zero-order valence-corrected chi connectivity index (χ0v) is 13.7. The average Bonchev–Trinajstić information content (AvgIpc) is 2.96. The second-order valence-electron chi connectivity index (χ2n) is 5.30. The number of H-pyrrole nitrogens is 1. The van der Waals surface area contributed by atoms with E-state index in [2.05, 4.69) is 25.6 Å². The van der Waals surface area contributed by atoms with Gasteiger partial charge in [-0.25, -0.2) is 19.6 Å². The van der Waals surface area contributed by atoms with E-state index < -0.39 is 0 Å². The number of ether oxygens (including phenoxy) is 1. The van der Waals surface area contributed by atoms with Crippen molar-refractivity contribution in [2.75, 3.05) is 13.7 Å². The van der Waals surface area contributed by atoms with Crippen molar-refractivity contribution in [3.05, 3.63) is 52.8 Å². The minimum atomic E-state index is -0.315. The smallest absolute Gasteiger partial charge is 0.327 e. The number of nitrogens with one attached hydrogen (secondary N) is 3. The number of amides is 2. The third-order valence-electron chi connectivity index (χ3n) is 3.64. The molecule has 0 saturated carbocycles. The van der Waals surface area contributed by atoms with E-state index in [0.29, 0.717) is 30.8 Å². The molecule has 2 heterocycles. The van der Waals surface area contributed by atoms with Crippen LogP contribution in [-0.2, 0) is 13.1 Å². The number of fused-ring (bicyclic) bond motifs is 1. The molecule has 1 aromatic carbocycles. The highest BCUT2D eigenvalue weighted by Crippen LogP contribution is 2.12. The molecule has 130 valence electrons. The van der Waals surface area contributed by atoms with Gasteiger partial charge in [0.2, 0.25) is 0 Å². The molecule has 25 heavy (non-hydrogen) atoms. The van der Waals surface area contributed by atoms with Crippen LogP contribution < -0.4 is 21.1 Å². The Labute approximate surface area is 143 Å². The molecule has 0 spiro atoms. The van der Waals surface area contributed by atoms with E-state index in [1.165, 1.54) is 17.1 Å². The lowest BCUT2D eigenvalue weighted by molar-refractivity contribution is 0.240. The van der Waals surface area contributed by atoms with Gasteiger partial charge in [0.1, 0.15) is 17.6 Å². The van der Waals surface area contributed by atoms with Crippen molar-refractivity contribution in [2.45, 2.75) is 13.1 Å². The zero-order chi connectivity index (χ0) is 17.6. The maximum Gasteiger partial charge on any atom is 0.327 e. The Bertz CT molecular complexity index is 933. The summed E-state index contributed by atoms with van der Waals surface area (Å²) in [6, 6.07) is 7.13. The molecular formula is C16H18N6O3. The summed E-state index contributed by atoms with van der Waals surface area (Å²) in [6.07, 6.45) is 2.91. The van der Waals surface area contributed by atoms with E-state index in [-0.39, 0.29) is 11.7 Å². The van der Waals surface area contributed by atoms with Gasteiger partial charge in [-0.3, -0.25) is 4.57 Å². The number of methoxy groups -OCH3 is 1. The summed E-state index contributed by atoms with van der Waals surface area (Å²) in [5.41, 5.74) is 1.72. The van der Waals surface area contributed by atoms with Crippen LogP contribution in [0.4, 0.5) is 4.79 Å². The third-order valence-corrected chi connectivity index (χ3v) is 3.64. The first-order valence-electron chi connectivity index (χ1n) is 7.70. The van der Waals surface area contributed by atoms with Crippen molar-refractivity contribution in [1.29, 1.82) is 0 Å². The number of carbonyl (C=O) groups is 1. The van der Waals surface area contributed by atoms with Crippen LogP contribution in [0.15, 0.2) is 41.6 Å². The number of urea groups is 1. The topological polar surface area (TPSA) is 114 Å². The lowest BCUT2D eigenvalue weighted by atomic mass is 10.2. The fourth-order valence-electron chi connectivity index (χ4n) is 2.42. The lowest BCUT2D eigenvalue weighted by Gasteiger charge is -2.09. The highest BCUT2D eigenvalue weighted by Gasteiger charge is 2.08. The SMILES string of the molecule is COc1cccc(CNC(=O)NCCn2c(=O)[nH]c3cncnc32)c1. The van der Waals surface area contributed by atoms with Crippen LogP contribution in [0.25, 0.3) is 11.2 Å². The van der Waals surface area contributed by atoms with Gasteiger partial charge >= 0.3 is 11.7 Å². The molecule has 3 N–H and O–H groups in total. The minimum Gasteiger partial charge on any atom is -0.497 e. The van der Waals surface area contributed by atoms with E-state index in [4.69, 9.17) is 4.74 Å². The molecule has 9 heteroatoms. The van der Waals surface area contributed by atoms with Crippen molar-refractivity contribution in [1.82, 2.24) is 30.2 Å². The van der Waals surface area contributed by atoms with Crippen LogP contribution in [0.5, 0.6) is 5.75 Å². The highest BCUT2D eigenvalue weighted by molar-refractivity contribution is 5.73. The van der Waals surface area contributed by atoms with Crippen molar-refractivity contribution in [2.24, 2.45) is 0 Å². The molecule has 2 aromatic heterocycles. The third kappa shape index (κ3) is 3.94. The van der Waals surface area contributed by atoms with Crippen molar-refractivity contribution < 1.29 is 9.53 Å². The molecular weight excluding hydrogens is 324 g/mol. The summed E-state index contributed by atoms with van der Waals surface area (Å²) in [5.74, 6) is 0.736. The molecule has 0 unspecified atom stereocenters. The fourth-order valence-corrected chi connectivity index (χ4v) is 2.42. The normalized spacial score (nSPS) is 10.6. The molecule has 2 amide bonds. The molecule has 9 nitrogen and oxygen atoms in total. The van der Waals surface area contributed by atoms with Gasteiger partial charge < -0.3 is 20.4 Å². The summed E-state index contributed by atoms with van der Waals surface area (Å²) in [6.45, 7) is 0.979. The second-order valence-corrected chi connectivity index (χ2v) is 5.30. The first-order chi connectivity index (χ1) is 12.2. The predicted octanol–water partition coefficient (Wildman–Crippen LogP) is 0.628. The molecule has 0 aliphatic rings. The van der Waals surface area contributed by atoms with E-state index in [9.17, 15) is 9.59 Å². The first-order valence-corrected chi connectivity index (χ1v) is 7.70. The molecule has 3 aromatic rings. The van der Waals surface area contributed by atoms with Gasteiger partial charge in [0.15, 0.2) is 5.65 Å². The average molecular weight is 342 g/mol. The number of carbonyl (C=O) groups excluding carboxylic acids is 1. The van der Waals surface area contributed by atoms with Crippen LogP contribution in [0.3, 0.4) is 0 Å². The summed E-state index contributed by atoms with van der Waals surface area (Å²) in [4.78, 5) is 34.4. The van der Waals surface area contributed by atoms with Crippen LogP contribution in [0.2, 0.25) is 0 Å². The molecule has 0 radical (unpaired) electrons. The maximum absolute atomic E-state index is 11.9. The van der Waals surface area contributed by atoms with Gasteiger partial charge in [0, 0.05) is 19.6 Å². The van der Waals surface area contributed by atoms with Gasteiger partial charge in [-0.2, -0.15) is 0 Å². The molecule has 0 aliphatic heterocycles. The molecule has 0 aliphatic carbocycles. The predicted molar refractivity (Wildman–Crippen MR) is 91.4 cm³/mol. The van der Waals surface area contributed by atoms with Crippen molar-refractivity contribution in [3.63, 3.8) is 0 Å². The molecule has 0 saturated heterocycles. The van der Waals surface area contributed by atoms with Crippen LogP contribution in [-0.4, -0.2) is 39.2 Å². The first kappa shape index (κ1) is 16.5. The standard InChI is InChI=1S/C16H18N6O3/c1-25-12-4-2-3-11(7-12)8-19-15(23)18-5-6-22-14-13(21-16(22)24)9-17-10-20-14/h2-4,7,9-10H,5-6,8H2,1H3,(H,21,24)(H2,18,19,23). The number of nitrogens with zero attached hydrogens (tertiary/aromatic N) is 3. The van der Waals surface area contributed by atoms with Gasteiger partial charge in [0.05, 0.1) is 13.3 Å². The Balaban J connectivity index is 1.50. The van der Waals surface area contributed by atoms with Gasteiger partial charge in [0.25, 0.3) is 0 Å². The highest BCUT2D eigenvalue weighted by atomic mass is 16.5. The van der Waals surface area contributed by atoms with Gasteiger partial charge in [-0.1, -0.05) is 12.1 Å². The number of aromatic nitrogens is 4. The summed E-state index contributed by atoms with van der Waals surface area (Å²) >= 11 is 0. The van der Waals surface area contributed by atoms with Crippen LogP contribution >= 0.6 is 0 Å². The van der Waals surface area contributed by atoms with Crippen LogP contribution in [0.1, 0.15) is 5.56 Å². The fraction of sp³-hybridized carbons (Fsp3) is 0.250. The number of benzene rings is 1. The largest absolute Gasteiger partial charge is 0.497 e. The Hall–Kier alpha value is -3.36. The summed E-state index contributed by atoms with van der Waals surface area (Å²) < 4.78 is 6.60. The summed E-state index contributed by atoms with van der Waals surface area (Å²) in [7, 11) is 1.59. The van der Waals surface area contributed by atoms with E-state index >= 15 is 0 Å². The zero-order valence-electron chi connectivity index (χ0n) is 13.7. The Morgan fingerprint density at radius 1 is 1.36 bits per heavy atom. The number of imidazole rings is 1. The number of hydrogen-bond acceptors (Lipinski definition) is 5. The molecule has 0 atom stereocenters. The Kier molecular flexibility index (Phi) is 4.93. The Morgan fingerprint density at radius 3 is 3.08 bits per heavy atom. The lowest BCUT2D eigenvalue weighted by Crippen LogP contribution is -2.37. The summed E-state index contributed by atoms with van der Waals surface area (Å²) in [5, 5.41) is 5.47. The number of rotatable bonds is 6. The Morgan fingerprint density at radius 2 is 2.24 bits per heavy atom. The van der Waals surface area contributed by atoms with Gasteiger partial charge in [-0.05, 0) is 17.7 Å². The second kappa shape index (κ2) is 7.47. The van der Waals surface area contributed by atoms with Gasteiger partial charge in [-0.15, -0.1) is 0 Å². The number of aromatic amines is 1. The molecule has 0 bridgehead atoms. The van der Waals surface area contributed by atoms with Crippen molar-refractivity contribution in [3.8, 4) is 5.75 Å². The van der Waals surface area contributed by atoms with E-state index in [1.807, 2.05) is 24.3 Å². The monoisotopic (exact) mass is 342 g/mol.